The van der Waals surface area contributed by atoms with E-state index in [-0.39, 0.29) is 24.3 Å². The number of carbonyl (C=O) groups is 3. The zero-order valence-corrected chi connectivity index (χ0v) is 14.0. The number of hydrogen-bond acceptors (Lipinski definition) is 6. The van der Waals surface area contributed by atoms with Crippen LogP contribution in [0.25, 0.3) is 0 Å². The fourth-order valence-electron chi connectivity index (χ4n) is 3.58. The molecule has 2 aliphatic heterocycles. The first-order valence-corrected chi connectivity index (χ1v) is 8.10. The van der Waals surface area contributed by atoms with E-state index >= 15 is 0 Å². The van der Waals surface area contributed by atoms with E-state index in [0.29, 0.717) is 18.7 Å². The summed E-state index contributed by atoms with van der Waals surface area (Å²) in [6.07, 6.45) is 2.35. The van der Waals surface area contributed by atoms with Gasteiger partial charge in [0.15, 0.2) is 0 Å². The van der Waals surface area contributed by atoms with Gasteiger partial charge in [0, 0.05) is 31.7 Å². The summed E-state index contributed by atoms with van der Waals surface area (Å²) < 4.78 is 0. The molecule has 1 unspecified atom stereocenters. The molecule has 0 saturated carbocycles. The van der Waals surface area contributed by atoms with Crippen molar-refractivity contribution in [1.82, 2.24) is 15.5 Å². The van der Waals surface area contributed by atoms with Crippen molar-refractivity contribution in [2.24, 2.45) is 4.99 Å². The molecule has 134 valence electrons. The highest BCUT2D eigenvalue weighted by molar-refractivity contribution is 6.09. The number of anilines is 1. The zero-order chi connectivity index (χ0) is 18.5. The number of carbonyl (C=O) groups excluding carboxylic acids is 2. The predicted octanol–water partition coefficient (Wildman–Crippen LogP) is 0.0452. The number of likely N-dealkylation sites (N-methyl/N-ethyl adjacent to an activating group) is 1. The Morgan fingerprint density at radius 3 is 2.77 bits per heavy atom. The minimum absolute atomic E-state index is 0.0744. The van der Waals surface area contributed by atoms with E-state index in [4.69, 9.17) is 5.11 Å². The monoisotopic (exact) mass is 355 g/mol. The molecule has 4 N–H and O–H groups in total. The van der Waals surface area contributed by atoms with E-state index in [1.54, 1.807) is 7.05 Å². The fourth-order valence-corrected chi connectivity index (χ4v) is 3.58. The van der Waals surface area contributed by atoms with E-state index in [0.717, 1.165) is 16.8 Å². The lowest BCUT2D eigenvalue weighted by molar-refractivity contribution is -0.133. The molecular formula is C17H17N5O4. The Balaban J connectivity index is 1.57. The largest absolute Gasteiger partial charge is 0.477 e. The van der Waals surface area contributed by atoms with Gasteiger partial charge in [-0.05, 0) is 23.3 Å². The molecule has 4 rings (SSSR count). The second-order valence-corrected chi connectivity index (χ2v) is 6.55. The van der Waals surface area contributed by atoms with Crippen LogP contribution in [0.1, 0.15) is 11.1 Å². The van der Waals surface area contributed by atoms with Crippen molar-refractivity contribution >= 4 is 29.4 Å². The average molecular weight is 355 g/mol. The number of amidine groups is 1. The Morgan fingerprint density at radius 2 is 2.08 bits per heavy atom. The van der Waals surface area contributed by atoms with Crippen LogP contribution in [0.4, 0.5) is 10.5 Å². The van der Waals surface area contributed by atoms with Crippen LogP contribution in [0.3, 0.4) is 0 Å². The van der Waals surface area contributed by atoms with Gasteiger partial charge in [0.1, 0.15) is 23.7 Å². The lowest BCUT2D eigenvalue weighted by atomic mass is 9.95. The maximum Gasteiger partial charge on any atom is 0.352 e. The molecule has 1 atom stereocenters. The number of aliphatic imine (C=N–C) groups is 1. The maximum atomic E-state index is 12.3. The minimum Gasteiger partial charge on any atom is -0.477 e. The maximum absolute atomic E-state index is 12.3. The first-order chi connectivity index (χ1) is 12.4. The summed E-state index contributed by atoms with van der Waals surface area (Å²) in [4.78, 5) is 40.8. The smallest absolute Gasteiger partial charge is 0.352 e. The van der Waals surface area contributed by atoms with Gasteiger partial charge in [-0.15, -0.1) is 0 Å². The van der Waals surface area contributed by atoms with Crippen LogP contribution in [0.15, 0.2) is 35.0 Å². The average Bonchev–Trinajstić information content (AvgIpc) is 3.09. The molecule has 1 saturated heterocycles. The van der Waals surface area contributed by atoms with Crippen molar-refractivity contribution < 1.29 is 19.5 Å². The number of amides is 3. The van der Waals surface area contributed by atoms with E-state index < -0.39 is 11.5 Å². The quantitative estimate of drug-likeness (QED) is 0.556. The number of fused-ring (bicyclic) bond motifs is 1. The molecule has 1 aromatic rings. The standard InChI is InChI=1S/C17H17N5O4/c1-22-16(26)21-15(25)17(22)6-9-2-3-11(4-10(9)7-17)20-13-5-12(14(23)24)18-8-19-13/h2-5,18H,6-8H2,1H3,(H,19,20)(H,23,24)(H,21,25,26). The zero-order valence-electron chi connectivity index (χ0n) is 14.0. The van der Waals surface area contributed by atoms with E-state index in [1.807, 2.05) is 18.2 Å². The lowest BCUT2D eigenvalue weighted by Crippen LogP contribution is -2.48. The van der Waals surface area contributed by atoms with Crippen LogP contribution < -0.4 is 16.0 Å². The molecular weight excluding hydrogens is 338 g/mol. The molecule has 1 aromatic carbocycles. The predicted molar refractivity (Wildman–Crippen MR) is 92.7 cm³/mol. The molecule has 0 bridgehead atoms. The van der Waals surface area contributed by atoms with Crippen LogP contribution in [0.5, 0.6) is 0 Å². The van der Waals surface area contributed by atoms with Crippen LogP contribution in [0, 0.1) is 0 Å². The molecule has 0 aromatic heterocycles. The molecule has 3 amide bonds. The number of nitrogens with one attached hydrogen (secondary N) is 3. The van der Waals surface area contributed by atoms with Gasteiger partial charge < -0.3 is 20.6 Å². The van der Waals surface area contributed by atoms with E-state index in [2.05, 4.69) is 20.9 Å². The number of hydrogen-bond donors (Lipinski definition) is 4. The number of carboxylic acids is 1. The summed E-state index contributed by atoms with van der Waals surface area (Å²) in [7, 11) is 1.63. The van der Waals surface area contributed by atoms with Crippen molar-refractivity contribution in [2.75, 3.05) is 19.0 Å². The Hall–Kier alpha value is -3.36. The van der Waals surface area contributed by atoms with Gasteiger partial charge >= 0.3 is 12.0 Å². The number of rotatable bonds is 2. The summed E-state index contributed by atoms with van der Waals surface area (Å²) >= 11 is 0. The van der Waals surface area contributed by atoms with Crippen molar-refractivity contribution in [3.8, 4) is 0 Å². The number of nitrogens with zero attached hydrogens (tertiary/aromatic N) is 2. The number of urea groups is 1. The number of imide groups is 1. The summed E-state index contributed by atoms with van der Waals surface area (Å²) in [6, 6.07) is 5.30. The molecule has 9 nitrogen and oxygen atoms in total. The molecule has 2 heterocycles. The van der Waals surface area contributed by atoms with E-state index in [1.165, 1.54) is 11.0 Å². The van der Waals surface area contributed by atoms with Gasteiger partial charge in [-0.2, -0.15) is 0 Å². The Morgan fingerprint density at radius 1 is 1.31 bits per heavy atom. The Labute approximate surface area is 148 Å². The van der Waals surface area contributed by atoms with Crippen molar-refractivity contribution in [3.05, 3.63) is 41.1 Å². The molecule has 1 fully saturated rings. The van der Waals surface area contributed by atoms with Crippen molar-refractivity contribution in [3.63, 3.8) is 0 Å². The normalized spacial score (nSPS) is 24.0. The Bertz CT molecular complexity index is 906. The SMILES string of the molecule is CN1C(=O)NC(=O)C12Cc1ccc(NC3=NCNC(C(=O)O)=C3)cc1C2. The van der Waals surface area contributed by atoms with Gasteiger partial charge in [0.05, 0.1) is 0 Å². The molecule has 1 spiro atoms. The highest BCUT2D eigenvalue weighted by atomic mass is 16.4. The van der Waals surface area contributed by atoms with Crippen LogP contribution in [-0.2, 0) is 22.4 Å². The van der Waals surface area contributed by atoms with Gasteiger partial charge in [-0.25, -0.2) is 14.6 Å². The number of benzene rings is 1. The van der Waals surface area contributed by atoms with Crippen LogP contribution >= 0.6 is 0 Å². The second-order valence-electron chi connectivity index (χ2n) is 6.55. The highest BCUT2D eigenvalue weighted by Gasteiger charge is 2.54. The van der Waals surface area contributed by atoms with Gasteiger partial charge in [0.25, 0.3) is 5.91 Å². The third kappa shape index (κ3) is 2.40. The third-order valence-electron chi connectivity index (χ3n) is 5.06. The first-order valence-electron chi connectivity index (χ1n) is 8.10. The summed E-state index contributed by atoms with van der Waals surface area (Å²) in [6.45, 7) is 0.182. The lowest BCUT2D eigenvalue weighted by Gasteiger charge is -2.27. The third-order valence-corrected chi connectivity index (χ3v) is 5.06. The van der Waals surface area contributed by atoms with Gasteiger partial charge in [-0.1, -0.05) is 6.07 Å². The molecule has 1 aliphatic carbocycles. The number of aliphatic carboxylic acids is 1. The second kappa shape index (κ2) is 5.58. The molecule has 9 heteroatoms. The van der Waals surface area contributed by atoms with Crippen LogP contribution in [-0.4, -0.2) is 53.0 Å². The number of carboxylic acid groups (broad SMARTS) is 1. The summed E-state index contributed by atoms with van der Waals surface area (Å²) in [5, 5.41) is 17.2. The molecule has 3 aliphatic rings. The topological polar surface area (TPSA) is 123 Å². The fraction of sp³-hybridized carbons (Fsp3) is 0.294. The van der Waals surface area contributed by atoms with Crippen LogP contribution in [0.2, 0.25) is 0 Å². The summed E-state index contributed by atoms with van der Waals surface area (Å²) in [5.74, 6) is -0.873. The molecule has 0 radical (unpaired) electrons. The van der Waals surface area contributed by atoms with E-state index in [9.17, 15) is 14.4 Å². The first kappa shape index (κ1) is 16.1. The van der Waals surface area contributed by atoms with Gasteiger partial charge in [-0.3, -0.25) is 10.1 Å². The minimum atomic E-state index is -1.05. The van der Waals surface area contributed by atoms with Crippen molar-refractivity contribution in [2.45, 2.75) is 18.4 Å². The molecule has 26 heavy (non-hydrogen) atoms. The summed E-state index contributed by atoms with van der Waals surface area (Å²) in [5.41, 5.74) is 1.95. The van der Waals surface area contributed by atoms with Gasteiger partial charge in [0.2, 0.25) is 0 Å². The van der Waals surface area contributed by atoms with Crippen molar-refractivity contribution in [1.29, 1.82) is 0 Å². The Kier molecular flexibility index (Phi) is 3.46. The highest BCUT2D eigenvalue weighted by Crippen LogP contribution is 2.38.